The molecule has 124 valence electrons. The highest BCUT2D eigenvalue weighted by Crippen LogP contribution is 2.27. The highest BCUT2D eigenvalue weighted by molar-refractivity contribution is 5.96. The molecule has 0 amide bonds. The maximum Gasteiger partial charge on any atom is 0.354 e. The molecule has 0 bridgehead atoms. The van der Waals surface area contributed by atoms with E-state index in [9.17, 15) is 4.79 Å². The average Bonchev–Trinajstić information content (AvgIpc) is 2.98. The van der Waals surface area contributed by atoms with E-state index in [1.165, 1.54) is 0 Å². The van der Waals surface area contributed by atoms with Gasteiger partial charge in [-0.2, -0.15) is 0 Å². The molecule has 4 nitrogen and oxygen atoms in total. The Hall–Kier alpha value is -2.75. The first-order valence-electron chi connectivity index (χ1n) is 8.14. The standard InChI is InChI=1S/C20H21NO3/c1-4-23-20(22)19-12-16-11-15(7-10-18(16)21-19)14-5-8-17(9-6-14)24-13(2)3/h5-13,21H,4H2,1-3H3. The summed E-state index contributed by atoms with van der Waals surface area (Å²) in [6.45, 7) is 6.18. The molecule has 0 aliphatic heterocycles. The third-order valence-corrected chi connectivity index (χ3v) is 3.68. The van der Waals surface area contributed by atoms with E-state index in [1.54, 1.807) is 6.92 Å². The van der Waals surface area contributed by atoms with Crippen LogP contribution in [0.25, 0.3) is 22.0 Å². The number of esters is 1. The number of aromatic amines is 1. The van der Waals surface area contributed by atoms with E-state index in [0.29, 0.717) is 12.3 Å². The van der Waals surface area contributed by atoms with Crippen LogP contribution in [0.1, 0.15) is 31.3 Å². The SMILES string of the molecule is CCOC(=O)c1cc2cc(-c3ccc(OC(C)C)cc3)ccc2[nH]1. The van der Waals surface area contributed by atoms with E-state index >= 15 is 0 Å². The number of fused-ring (bicyclic) bond motifs is 1. The molecule has 3 aromatic rings. The molecule has 0 spiro atoms. The first-order chi connectivity index (χ1) is 11.6. The van der Waals surface area contributed by atoms with Crippen molar-refractivity contribution in [2.75, 3.05) is 6.61 Å². The minimum absolute atomic E-state index is 0.161. The van der Waals surface area contributed by atoms with Crippen molar-refractivity contribution in [3.8, 4) is 16.9 Å². The molecule has 0 fully saturated rings. The van der Waals surface area contributed by atoms with Gasteiger partial charge in [-0.15, -0.1) is 0 Å². The molecule has 2 aromatic carbocycles. The first kappa shape index (κ1) is 16.1. The van der Waals surface area contributed by atoms with Gasteiger partial charge in [-0.25, -0.2) is 4.79 Å². The van der Waals surface area contributed by atoms with Crippen molar-refractivity contribution in [3.63, 3.8) is 0 Å². The number of benzene rings is 2. The van der Waals surface area contributed by atoms with Gasteiger partial charge >= 0.3 is 5.97 Å². The number of carbonyl (C=O) groups is 1. The van der Waals surface area contributed by atoms with Crippen LogP contribution in [0.15, 0.2) is 48.5 Å². The van der Waals surface area contributed by atoms with Crippen LogP contribution in [0.2, 0.25) is 0 Å². The highest BCUT2D eigenvalue weighted by atomic mass is 16.5. The van der Waals surface area contributed by atoms with E-state index in [4.69, 9.17) is 9.47 Å². The maximum atomic E-state index is 11.8. The number of nitrogens with one attached hydrogen (secondary N) is 1. The third kappa shape index (κ3) is 3.43. The molecular formula is C20H21NO3. The minimum atomic E-state index is -0.328. The first-order valence-corrected chi connectivity index (χ1v) is 8.14. The van der Waals surface area contributed by atoms with Gasteiger partial charge in [0.15, 0.2) is 0 Å². The molecule has 0 atom stereocenters. The lowest BCUT2D eigenvalue weighted by Crippen LogP contribution is -2.05. The van der Waals surface area contributed by atoms with E-state index < -0.39 is 0 Å². The van der Waals surface area contributed by atoms with E-state index in [1.807, 2.05) is 56.3 Å². The lowest BCUT2D eigenvalue weighted by molar-refractivity contribution is 0.0520. The number of H-pyrrole nitrogens is 1. The summed E-state index contributed by atoms with van der Waals surface area (Å²) < 4.78 is 10.7. The molecule has 4 heteroatoms. The Kier molecular flexibility index (Phi) is 4.56. The van der Waals surface area contributed by atoms with Gasteiger partial charge < -0.3 is 14.5 Å². The fourth-order valence-corrected chi connectivity index (χ4v) is 2.63. The van der Waals surface area contributed by atoms with Crippen molar-refractivity contribution >= 4 is 16.9 Å². The van der Waals surface area contributed by atoms with E-state index in [-0.39, 0.29) is 12.1 Å². The Labute approximate surface area is 141 Å². The number of hydrogen-bond donors (Lipinski definition) is 1. The summed E-state index contributed by atoms with van der Waals surface area (Å²) in [6, 6.07) is 15.9. The second-order valence-corrected chi connectivity index (χ2v) is 5.90. The van der Waals surface area contributed by atoms with Gasteiger partial charge in [-0.3, -0.25) is 0 Å². The van der Waals surface area contributed by atoms with Crippen LogP contribution in [-0.2, 0) is 4.74 Å². The maximum absolute atomic E-state index is 11.8. The van der Waals surface area contributed by atoms with Crippen LogP contribution in [0.4, 0.5) is 0 Å². The van der Waals surface area contributed by atoms with Crippen molar-refractivity contribution in [1.29, 1.82) is 0 Å². The summed E-state index contributed by atoms with van der Waals surface area (Å²) in [5, 5.41) is 0.984. The quantitative estimate of drug-likeness (QED) is 0.686. The van der Waals surface area contributed by atoms with Crippen molar-refractivity contribution in [2.45, 2.75) is 26.9 Å². The predicted octanol–water partition coefficient (Wildman–Crippen LogP) is 4.80. The molecule has 0 saturated carbocycles. The molecule has 0 aliphatic rings. The zero-order valence-electron chi connectivity index (χ0n) is 14.1. The van der Waals surface area contributed by atoms with Crippen LogP contribution >= 0.6 is 0 Å². The lowest BCUT2D eigenvalue weighted by atomic mass is 10.0. The number of aromatic nitrogens is 1. The van der Waals surface area contributed by atoms with Crippen molar-refractivity contribution in [3.05, 3.63) is 54.2 Å². The average molecular weight is 323 g/mol. The van der Waals surface area contributed by atoms with Crippen molar-refractivity contribution < 1.29 is 14.3 Å². The number of carbonyl (C=O) groups excluding carboxylic acids is 1. The fraction of sp³-hybridized carbons (Fsp3) is 0.250. The largest absolute Gasteiger partial charge is 0.491 e. The number of hydrogen-bond acceptors (Lipinski definition) is 3. The van der Waals surface area contributed by atoms with Crippen LogP contribution in [0.5, 0.6) is 5.75 Å². The second kappa shape index (κ2) is 6.79. The third-order valence-electron chi connectivity index (χ3n) is 3.68. The van der Waals surface area contributed by atoms with Crippen molar-refractivity contribution in [1.82, 2.24) is 4.98 Å². The van der Waals surface area contributed by atoms with Gasteiger partial charge in [0, 0.05) is 10.9 Å². The zero-order chi connectivity index (χ0) is 17.1. The molecule has 0 aliphatic carbocycles. The summed E-state index contributed by atoms with van der Waals surface area (Å²) in [4.78, 5) is 14.9. The van der Waals surface area contributed by atoms with Gasteiger partial charge in [0.2, 0.25) is 0 Å². The van der Waals surface area contributed by atoms with Gasteiger partial charge in [0.1, 0.15) is 11.4 Å². The summed E-state index contributed by atoms with van der Waals surface area (Å²) >= 11 is 0. The molecule has 1 N–H and O–H groups in total. The highest BCUT2D eigenvalue weighted by Gasteiger charge is 2.11. The molecular weight excluding hydrogens is 302 g/mol. The smallest absolute Gasteiger partial charge is 0.354 e. The zero-order valence-corrected chi connectivity index (χ0v) is 14.1. The minimum Gasteiger partial charge on any atom is -0.491 e. The van der Waals surface area contributed by atoms with Gasteiger partial charge in [-0.1, -0.05) is 18.2 Å². The Morgan fingerprint density at radius 1 is 1.04 bits per heavy atom. The molecule has 0 saturated heterocycles. The van der Waals surface area contributed by atoms with E-state index in [2.05, 4.69) is 11.1 Å². The molecule has 1 aromatic heterocycles. The van der Waals surface area contributed by atoms with Crippen LogP contribution in [-0.4, -0.2) is 23.7 Å². The van der Waals surface area contributed by atoms with Crippen LogP contribution in [0.3, 0.4) is 0 Å². The van der Waals surface area contributed by atoms with E-state index in [0.717, 1.165) is 27.8 Å². The molecule has 1 heterocycles. The van der Waals surface area contributed by atoms with Gasteiger partial charge in [0.05, 0.1) is 12.7 Å². The normalized spacial score (nSPS) is 11.0. The monoisotopic (exact) mass is 323 g/mol. The Morgan fingerprint density at radius 2 is 1.75 bits per heavy atom. The Bertz CT molecular complexity index is 847. The topological polar surface area (TPSA) is 51.3 Å². The van der Waals surface area contributed by atoms with Gasteiger partial charge in [0.25, 0.3) is 0 Å². The van der Waals surface area contributed by atoms with Crippen LogP contribution in [0, 0.1) is 0 Å². The predicted molar refractivity (Wildman–Crippen MR) is 95.5 cm³/mol. The molecule has 0 radical (unpaired) electrons. The van der Waals surface area contributed by atoms with Gasteiger partial charge in [-0.05, 0) is 62.2 Å². The van der Waals surface area contributed by atoms with Crippen molar-refractivity contribution in [2.24, 2.45) is 0 Å². The Balaban J connectivity index is 1.88. The Morgan fingerprint density at radius 3 is 2.42 bits per heavy atom. The fourth-order valence-electron chi connectivity index (χ4n) is 2.63. The summed E-state index contributed by atoms with van der Waals surface area (Å²) in [7, 11) is 0. The lowest BCUT2D eigenvalue weighted by Gasteiger charge is -2.10. The summed E-state index contributed by atoms with van der Waals surface area (Å²) in [5.74, 6) is 0.534. The molecule has 0 unspecified atom stereocenters. The molecule has 24 heavy (non-hydrogen) atoms. The number of ether oxygens (including phenoxy) is 2. The summed E-state index contributed by atoms with van der Waals surface area (Å²) in [5.41, 5.74) is 3.59. The molecule has 3 rings (SSSR count). The van der Waals surface area contributed by atoms with Crippen LogP contribution < -0.4 is 4.74 Å². The summed E-state index contributed by atoms with van der Waals surface area (Å²) in [6.07, 6.45) is 0.161. The number of rotatable bonds is 5. The second-order valence-electron chi connectivity index (χ2n) is 5.90.